The Bertz CT molecular complexity index is 1240. The van der Waals surface area contributed by atoms with Crippen LogP contribution in [-0.4, -0.2) is 39.2 Å². The first-order chi connectivity index (χ1) is 19.2. The van der Waals surface area contributed by atoms with E-state index in [0.717, 1.165) is 47.0 Å². The van der Waals surface area contributed by atoms with Crippen LogP contribution in [0, 0.1) is 0 Å². The number of rotatable bonds is 17. The molecule has 0 amide bonds. The van der Waals surface area contributed by atoms with E-state index in [1.165, 1.54) is 11.8 Å². The molecule has 3 rings (SSSR count). The molecule has 3 aromatic rings. The lowest BCUT2D eigenvalue weighted by Crippen LogP contribution is -2.09. The molecule has 0 radical (unpaired) electrons. The molecule has 2 aromatic heterocycles. The summed E-state index contributed by atoms with van der Waals surface area (Å²) in [6, 6.07) is 8.98. The van der Waals surface area contributed by atoms with Gasteiger partial charge in [-0.3, -0.25) is 9.55 Å². The van der Waals surface area contributed by atoms with Crippen molar-refractivity contribution in [3.05, 3.63) is 63.8 Å². The number of hydrogen-bond donors (Lipinski definition) is 1. The average molecular weight is 631 g/mol. The van der Waals surface area contributed by atoms with Gasteiger partial charge in [-0.1, -0.05) is 75.5 Å². The molecule has 2 heterocycles. The summed E-state index contributed by atoms with van der Waals surface area (Å²) in [5.74, 6) is 1.12. The van der Waals surface area contributed by atoms with Crippen molar-refractivity contribution in [1.29, 1.82) is 0 Å². The Morgan fingerprint density at radius 1 is 1.05 bits per heavy atom. The molecule has 0 atom stereocenters. The number of hydrogen-bond acceptors (Lipinski definition) is 8. The number of imidazole rings is 1. The average Bonchev–Trinajstić information content (AvgIpc) is 3.25. The molecular weight excluding hydrogens is 592 g/mol. The molecule has 0 spiro atoms. The van der Waals surface area contributed by atoms with Crippen LogP contribution in [0.4, 0.5) is 0 Å². The first-order valence-electron chi connectivity index (χ1n) is 13.5. The van der Waals surface area contributed by atoms with Gasteiger partial charge in [0.2, 0.25) is 0 Å². The fourth-order valence-electron chi connectivity index (χ4n) is 3.68. The summed E-state index contributed by atoms with van der Waals surface area (Å²) in [5, 5.41) is 12.1. The molecule has 40 heavy (non-hydrogen) atoms. The van der Waals surface area contributed by atoms with Crippen molar-refractivity contribution >= 4 is 42.6 Å². The van der Waals surface area contributed by atoms with E-state index in [1.807, 2.05) is 36.6 Å². The first kappa shape index (κ1) is 32.9. The van der Waals surface area contributed by atoms with Gasteiger partial charge < -0.3 is 23.5 Å². The second-order valence-electron chi connectivity index (χ2n) is 9.57. The Balaban J connectivity index is 1.77. The van der Waals surface area contributed by atoms with Crippen LogP contribution in [0.1, 0.15) is 76.5 Å². The Kier molecular flexibility index (Phi) is 13.3. The van der Waals surface area contributed by atoms with Crippen LogP contribution in [0.15, 0.2) is 46.5 Å². The van der Waals surface area contributed by atoms with Gasteiger partial charge in [0.15, 0.2) is 6.35 Å². The Morgan fingerprint density at radius 3 is 2.23 bits per heavy atom. The molecule has 0 unspecified atom stereocenters. The lowest BCUT2D eigenvalue weighted by atomic mass is 10.1. The van der Waals surface area contributed by atoms with Crippen LogP contribution >= 0.6 is 42.6 Å². The lowest BCUT2D eigenvalue weighted by Gasteiger charge is -2.19. The van der Waals surface area contributed by atoms with Gasteiger partial charge in [0.05, 0.1) is 37.3 Å². The summed E-state index contributed by atoms with van der Waals surface area (Å²) in [6.07, 6.45) is 4.86. The maximum Gasteiger partial charge on any atom is 0.367 e. The third-order valence-electron chi connectivity index (χ3n) is 5.84. The van der Waals surface area contributed by atoms with Crippen molar-refractivity contribution in [2.45, 2.75) is 82.4 Å². The third-order valence-corrected chi connectivity index (χ3v) is 8.97. The molecule has 220 valence electrons. The quantitative estimate of drug-likeness (QED) is 0.117. The van der Waals surface area contributed by atoms with Crippen molar-refractivity contribution in [3.63, 3.8) is 0 Å². The van der Waals surface area contributed by atoms with Gasteiger partial charge in [-0.2, -0.15) is 0 Å². The molecule has 8 nitrogen and oxygen atoms in total. The molecule has 0 saturated heterocycles. The molecule has 0 saturated carbocycles. The molecule has 0 fully saturated rings. The van der Waals surface area contributed by atoms with Crippen LogP contribution in [0.25, 0.3) is 0 Å². The largest absolute Gasteiger partial charge is 0.479 e. The van der Waals surface area contributed by atoms with Crippen molar-refractivity contribution < 1.29 is 23.5 Å². The van der Waals surface area contributed by atoms with Crippen LogP contribution in [-0.2, 0) is 26.8 Å². The zero-order chi connectivity index (χ0) is 29.1. The number of nitrogens with zero attached hydrogens (tertiary/aromatic N) is 3. The highest BCUT2D eigenvalue weighted by atomic mass is 35.5. The Morgan fingerprint density at radius 2 is 1.70 bits per heavy atom. The fraction of sp³-hybridized carbons (Fsp3) is 0.500. The summed E-state index contributed by atoms with van der Waals surface area (Å²) in [7, 11) is -3.39. The number of halogens is 2. The first-order valence-corrected chi connectivity index (χ1v) is 16.8. The van der Waals surface area contributed by atoms with Crippen LogP contribution in [0.3, 0.4) is 0 Å². The zero-order valence-electron chi connectivity index (χ0n) is 23.4. The van der Waals surface area contributed by atoms with E-state index in [1.54, 1.807) is 18.3 Å². The molecule has 1 aromatic carbocycles. The fourth-order valence-corrected chi connectivity index (χ4v) is 6.94. The minimum Gasteiger partial charge on any atom is -0.479 e. The zero-order valence-corrected chi connectivity index (χ0v) is 26.7. The van der Waals surface area contributed by atoms with Crippen molar-refractivity contribution in [1.82, 2.24) is 14.5 Å². The Hall–Kier alpha value is -1.58. The van der Waals surface area contributed by atoms with Crippen molar-refractivity contribution in [2.75, 3.05) is 19.6 Å². The third kappa shape index (κ3) is 9.76. The number of pyridine rings is 1. The topological polar surface area (TPSA) is 95.7 Å². The lowest BCUT2D eigenvalue weighted by molar-refractivity contribution is 0.180. The number of benzene rings is 1. The van der Waals surface area contributed by atoms with E-state index in [-0.39, 0.29) is 18.9 Å². The Labute approximate surface area is 251 Å². The van der Waals surface area contributed by atoms with Gasteiger partial charge in [0.1, 0.15) is 23.2 Å². The van der Waals surface area contributed by atoms with Crippen LogP contribution < -0.4 is 4.74 Å². The highest BCUT2D eigenvalue weighted by Crippen LogP contribution is 2.48. The SMILES string of the molecule is CCCCOP(=O)(COc1ccc(Cn2c(CO)nc(C(C)C)c2Sc2cc(Cl)cc(Cl)c2)nc1)OCCCC. The summed E-state index contributed by atoms with van der Waals surface area (Å²) in [6.45, 7) is 9.09. The molecule has 12 heteroatoms. The minimum absolute atomic E-state index is 0.127. The maximum absolute atomic E-state index is 13.2. The number of ether oxygens (including phenoxy) is 1. The molecular formula is C28H38Cl2N3O5PS. The van der Waals surface area contributed by atoms with Gasteiger partial charge in [0, 0.05) is 14.9 Å². The van der Waals surface area contributed by atoms with Crippen molar-refractivity contribution in [3.8, 4) is 5.75 Å². The number of aliphatic hydroxyl groups is 1. The van der Waals surface area contributed by atoms with Gasteiger partial charge in [0.25, 0.3) is 0 Å². The maximum atomic E-state index is 13.2. The molecule has 0 aliphatic heterocycles. The highest BCUT2D eigenvalue weighted by Gasteiger charge is 2.26. The van der Waals surface area contributed by atoms with E-state index in [4.69, 9.17) is 42.0 Å². The monoisotopic (exact) mass is 629 g/mol. The van der Waals surface area contributed by atoms with E-state index in [2.05, 4.69) is 18.8 Å². The summed E-state index contributed by atoms with van der Waals surface area (Å²) in [4.78, 5) is 10.1. The predicted octanol–water partition coefficient (Wildman–Crippen LogP) is 8.56. The molecule has 0 aliphatic rings. The number of unbranched alkanes of at least 4 members (excludes halogenated alkanes) is 2. The summed E-state index contributed by atoms with van der Waals surface area (Å²) in [5.41, 5.74) is 1.61. The highest BCUT2D eigenvalue weighted by molar-refractivity contribution is 7.99. The number of aliphatic hydroxyl groups excluding tert-OH is 1. The van der Waals surface area contributed by atoms with Gasteiger partial charge in [-0.05, 0) is 49.1 Å². The van der Waals surface area contributed by atoms with Gasteiger partial charge in [-0.15, -0.1) is 0 Å². The normalized spacial score (nSPS) is 11.9. The van der Waals surface area contributed by atoms with Crippen LogP contribution in [0.5, 0.6) is 5.75 Å². The van der Waals surface area contributed by atoms with E-state index < -0.39 is 7.60 Å². The second kappa shape index (κ2) is 16.2. The van der Waals surface area contributed by atoms with E-state index in [0.29, 0.717) is 41.4 Å². The van der Waals surface area contributed by atoms with Crippen molar-refractivity contribution in [2.24, 2.45) is 0 Å². The van der Waals surface area contributed by atoms with E-state index >= 15 is 0 Å². The summed E-state index contributed by atoms with van der Waals surface area (Å²) >= 11 is 14.0. The standard InChI is InChI=1S/C28H38Cl2N3O5PS/c1-5-7-11-37-39(35,38-12-8-6-2)19-36-24-10-9-23(31-16-24)17-33-26(18-34)32-27(20(3)4)28(33)40-25-14-21(29)13-22(30)15-25/h9-10,13-16,20,34H,5-8,11-12,17-19H2,1-4H3. The predicted molar refractivity (Wildman–Crippen MR) is 161 cm³/mol. The van der Waals surface area contributed by atoms with Gasteiger partial charge >= 0.3 is 7.60 Å². The van der Waals surface area contributed by atoms with Crippen LogP contribution in [0.2, 0.25) is 10.0 Å². The molecule has 0 bridgehead atoms. The van der Waals surface area contributed by atoms with E-state index in [9.17, 15) is 9.67 Å². The minimum atomic E-state index is -3.39. The van der Waals surface area contributed by atoms with Gasteiger partial charge in [-0.25, -0.2) is 4.98 Å². The molecule has 0 aliphatic carbocycles. The molecule has 1 N–H and O–H groups in total. The summed E-state index contributed by atoms with van der Waals surface area (Å²) < 4.78 is 32.1. The number of aromatic nitrogens is 3. The second-order valence-corrected chi connectivity index (χ2v) is 13.5. The smallest absolute Gasteiger partial charge is 0.367 e.